The number of rotatable bonds is 1. The highest BCUT2D eigenvalue weighted by Crippen LogP contribution is 2.48. The summed E-state index contributed by atoms with van der Waals surface area (Å²) in [5.41, 5.74) is 2.55. The lowest BCUT2D eigenvalue weighted by Crippen LogP contribution is -2.18. The maximum Gasteiger partial charge on any atom is 0.336 e. The second kappa shape index (κ2) is 4.19. The number of aromatic carboxylic acids is 1. The number of hydrogen-bond acceptors (Lipinski definition) is 2. The minimum absolute atomic E-state index is 0.192. The Morgan fingerprint density at radius 3 is 2.80 bits per heavy atom. The first-order chi connectivity index (χ1) is 9.33. The summed E-state index contributed by atoms with van der Waals surface area (Å²) in [7, 11) is 0. The minimum Gasteiger partial charge on any atom is -0.478 e. The molecule has 20 heavy (non-hydrogen) atoms. The van der Waals surface area contributed by atoms with E-state index in [2.05, 4.69) is 25.8 Å². The monoisotopic (exact) mass is 289 g/mol. The van der Waals surface area contributed by atoms with E-state index in [1.54, 1.807) is 12.1 Å². The van der Waals surface area contributed by atoms with Gasteiger partial charge in [0, 0.05) is 11.1 Å². The van der Waals surface area contributed by atoms with Crippen molar-refractivity contribution in [1.82, 2.24) is 4.98 Å². The van der Waals surface area contributed by atoms with Crippen LogP contribution in [0.2, 0.25) is 5.02 Å². The fraction of sp³-hybridized carbons (Fsp3) is 0.375. The zero-order chi connectivity index (χ0) is 14.7. The molecule has 1 aromatic carbocycles. The highest BCUT2D eigenvalue weighted by molar-refractivity contribution is 6.36. The predicted octanol–water partition coefficient (Wildman–Crippen LogP) is 4.37. The van der Waals surface area contributed by atoms with Gasteiger partial charge < -0.3 is 5.11 Å². The van der Waals surface area contributed by atoms with Gasteiger partial charge >= 0.3 is 5.97 Å². The summed E-state index contributed by atoms with van der Waals surface area (Å²) in [6.45, 7) is 6.25. The first-order valence-corrected chi connectivity index (χ1v) is 7.06. The number of fused-ring (bicyclic) bond motifs is 2. The van der Waals surface area contributed by atoms with Gasteiger partial charge in [0.1, 0.15) is 0 Å². The fourth-order valence-electron chi connectivity index (χ4n) is 3.51. The van der Waals surface area contributed by atoms with Crippen molar-refractivity contribution in [2.45, 2.75) is 38.5 Å². The molecule has 1 aliphatic carbocycles. The highest BCUT2D eigenvalue weighted by atomic mass is 35.5. The van der Waals surface area contributed by atoms with Crippen LogP contribution in [0.15, 0.2) is 18.2 Å². The number of nitrogens with zero attached hydrogens (tertiary/aromatic N) is 1. The Balaban J connectivity index is 2.54. The third-order valence-corrected chi connectivity index (χ3v) is 4.48. The van der Waals surface area contributed by atoms with Crippen molar-refractivity contribution in [2.24, 2.45) is 0 Å². The smallest absolute Gasteiger partial charge is 0.336 e. The Hall–Kier alpha value is -1.61. The Labute approximate surface area is 122 Å². The molecule has 1 heterocycles. The third kappa shape index (κ3) is 1.73. The van der Waals surface area contributed by atoms with Crippen LogP contribution in [0.3, 0.4) is 0 Å². The van der Waals surface area contributed by atoms with Gasteiger partial charge in [-0.05, 0) is 35.4 Å². The molecule has 4 heteroatoms. The SMILES string of the molecule is CC1CC(C)(C)c2c1nc1cccc(Cl)c1c2C(=O)O. The Morgan fingerprint density at radius 1 is 1.45 bits per heavy atom. The Bertz CT molecular complexity index is 737. The third-order valence-electron chi connectivity index (χ3n) is 4.16. The van der Waals surface area contributed by atoms with Crippen LogP contribution in [-0.2, 0) is 5.41 Å². The van der Waals surface area contributed by atoms with Crippen molar-refractivity contribution < 1.29 is 9.90 Å². The van der Waals surface area contributed by atoms with E-state index in [0.29, 0.717) is 21.5 Å². The van der Waals surface area contributed by atoms with Crippen LogP contribution in [0, 0.1) is 0 Å². The van der Waals surface area contributed by atoms with Crippen LogP contribution in [0.4, 0.5) is 0 Å². The number of carboxylic acid groups (broad SMARTS) is 1. The molecule has 3 rings (SSSR count). The molecule has 2 aromatic rings. The maximum absolute atomic E-state index is 11.8. The van der Waals surface area contributed by atoms with Gasteiger partial charge in [-0.25, -0.2) is 4.79 Å². The molecule has 3 nitrogen and oxygen atoms in total. The van der Waals surface area contributed by atoms with E-state index in [1.165, 1.54) is 0 Å². The van der Waals surface area contributed by atoms with Gasteiger partial charge in [-0.2, -0.15) is 0 Å². The molecule has 0 saturated carbocycles. The van der Waals surface area contributed by atoms with Crippen molar-refractivity contribution in [3.8, 4) is 0 Å². The molecule has 0 amide bonds. The van der Waals surface area contributed by atoms with Gasteiger partial charge in [-0.15, -0.1) is 0 Å². The van der Waals surface area contributed by atoms with Gasteiger partial charge in [-0.3, -0.25) is 4.98 Å². The summed E-state index contributed by atoms with van der Waals surface area (Å²) in [6, 6.07) is 5.35. The molecule has 0 bridgehead atoms. The number of benzene rings is 1. The maximum atomic E-state index is 11.8. The molecule has 0 aliphatic heterocycles. The van der Waals surface area contributed by atoms with Gasteiger partial charge in [0.25, 0.3) is 0 Å². The second-order valence-corrected chi connectivity index (χ2v) is 6.58. The number of hydrogen-bond donors (Lipinski definition) is 1. The van der Waals surface area contributed by atoms with Gasteiger partial charge in [0.2, 0.25) is 0 Å². The van der Waals surface area contributed by atoms with Crippen molar-refractivity contribution in [1.29, 1.82) is 0 Å². The summed E-state index contributed by atoms with van der Waals surface area (Å²) in [4.78, 5) is 16.5. The molecule has 1 aromatic heterocycles. The molecule has 0 spiro atoms. The molecule has 1 unspecified atom stereocenters. The van der Waals surface area contributed by atoms with Crippen LogP contribution in [0.25, 0.3) is 10.9 Å². The van der Waals surface area contributed by atoms with Gasteiger partial charge in [0.15, 0.2) is 0 Å². The van der Waals surface area contributed by atoms with E-state index in [1.807, 2.05) is 6.07 Å². The zero-order valence-electron chi connectivity index (χ0n) is 11.7. The average molecular weight is 290 g/mol. The largest absolute Gasteiger partial charge is 0.478 e. The van der Waals surface area contributed by atoms with E-state index in [9.17, 15) is 9.90 Å². The number of carbonyl (C=O) groups is 1. The lowest BCUT2D eigenvalue weighted by atomic mass is 9.83. The van der Waals surface area contributed by atoms with Crippen LogP contribution in [0.1, 0.15) is 54.7 Å². The van der Waals surface area contributed by atoms with Crippen molar-refractivity contribution in [3.05, 3.63) is 40.0 Å². The zero-order valence-corrected chi connectivity index (χ0v) is 12.5. The molecule has 1 atom stereocenters. The van der Waals surface area contributed by atoms with Gasteiger partial charge in [-0.1, -0.05) is 38.4 Å². The summed E-state index contributed by atoms with van der Waals surface area (Å²) >= 11 is 6.23. The molecule has 1 N–H and O–H groups in total. The van der Waals surface area contributed by atoms with Crippen molar-refractivity contribution >= 4 is 28.5 Å². The average Bonchev–Trinajstić information content (AvgIpc) is 2.57. The quantitative estimate of drug-likeness (QED) is 0.848. The van der Waals surface area contributed by atoms with Crippen molar-refractivity contribution in [2.75, 3.05) is 0 Å². The van der Waals surface area contributed by atoms with E-state index in [0.717, 1.165) is 17.7 Å². The summed E-state index contributed by atoms with van der Waals surface area (Å²) in [5.74, 6) is -0.662. The molecule has 1 aliphatic rings. The molecular weight excluding hydrogens is 274 g/mol. The van der Waals surface area contributed by atoms with Crippen molar-refractivity contribution in [3.63, 3.8) is 0 Å². The van der Waals surface area contributed by atoms with Crippen LogP contribution in [-0.4, -0.2) is 16.1 Å². The summed E-state index contributed by atoms with van der Waals surface area (Å²) in [6.07, 6.45) is 0.906. The number of halogens is 1. The van der Waals surface area contributed by atoms with E-state index < -0.39 is 5.97 Å². The number of pyridine rings is 1. The first kappa shape index (κ1) is 13.4. The first-order valence-electron chi connectivity index (χ1n) is 6.69. The molecular formula is C16H16ClNO2. The molecule has 0 saturated heterocycles. The molecule has 0 radical (unpaired) electrons. The Morgan fingerprint density at radius 2 is 2.15 bits per heavy atom. The molecule has 104 valence electrons. The Kier molecular flexibility index (Phi) is 2.80. The van der Waals surface area contributed by atoms with E-state index >= 15 is 0 Å². The van der Waals surface area contributed by atoms with Crippen LogP contribution in [0.5, 0.6) is 0 Å². The fourth-order valence-corrected chi connectivity index (χ4v) is 3.78. The summed E-state index contributed by atoms with van der Waals surface area (Å²) in [5, 5.41) is 10.7. The molecule has 0 fully saturated rings. The number of aromatic nitrogens is 1. The second-order valence-electron chi connectivity index (χ2n) is 6.18. The van der Waals surface area contributed by atoms with Crippen LogP contribution >= 0.6 is 11.6 Å². The highest BCUT2D eigenvalue weighted by Gasteiger charge is 2.40. The normalized spacial score (nSPS) is 20.1. The summed E-state index contributed by atoms with van der Waals surface area (Å²) < 4.78 is 0. The lowest BCUT2D eigenvalue weighted by molar-refractivity contribution is 0.0696. The standard InChI is InChI=1S/C16H16ClNO2/c1-8-7-16(2,3)13-12(15(19)20)11-9(17)5-4-6-10(11)18-14(8)13/h4-6,8H,7H2,1-3H3,(H,19,20). The van der Waals surface area contributed by atoms with E-state index in [4.69, 9.17) is 11.6 Å². The van der Waals surface area contributed by atoms with Gasteiger partial charge in [0.05, 0.1) is 16.1 Å². The lowest BCUT2D eigenvalue weighted by Gasteiger charge is -2.21. The predicted molar refractivity (Wildman–Crippen MR) is 79.8 cm³/mol. The number of carboxylic acids is 1. The van der Waals surface area contributed by atoms with E-state index in [-0.39, 0.29) is 11.3 Å². The minimum atomic E-state index is -0.927. The topological polar surface area (TPSA) is 50.2 Å². The van der Waals surface area contributed by atoms with Crippen LogP contribution < -0.4 is 0 Å².